The van der Waals surface area contributed by atoms with Gasteiger partial charge in [0.2, 0.25) is 0 Å². The maximum Gasteiger partial charge on any atom is 0.0820 e. The summed E-state index contributed by atoms with van der Waals surface area (Å²) in [7, 11) is 0. The molecule has 2 nitrogen and oxygen atoms in total. The van der Waals surface area contributed by atoms with E-state index in [2.05, 4.69) is 48.3 Å². The van der Waals surface area contributed by atoms with Crippen LogP contribution in [0.5, 0.6) is 0 Å². The number of hydrogen-bond donors (Lipinski definition) is 2. The molecule has 1 aliphatic carbocycles. The molecule has 0 amide bonds. The Balaban J connectivity index is 1.80. The number of fused-ring (bicyclic) bond motifs is 3. The van der Waals surface area contributed by atoms with Crippen molar-refractivity contribution in [3.05, 3.63) is 48.0 Å². The third-order valence-corrected chi connectivity index (χ3v) is 5.21. The Bertz CT molecular complexity index is 788. The summed E-state index contributed by atoms with van der Waals surface area (Å²) >= 11 is 0. The van der Waals surface area contributed by atoms with Crippen LogP contribution in [0.4, 0.5) is 0 Å². The van der Waals surface area contributed by atoms with E-state index in [1.54, 1.807) is 0 Å². The number of aliphatic hydroxyl groups excluding tert-OH is 1. The predicted octanol–water partition coefficient (Wildman–Crippen LogP) is 4.79. The molecule has 2 N–H and O–H groups in total. The summed E-state index contributed by atoms with van der Waals surface area (Å²) in [5.74, 6) is 1.03. The Hall–Kier alpha value is -1.80. The molecule has 3 aromatic rings. The lowest BCUT2D eigenvalue weighted by Gasteiger charge is -2.22. The van der Waals surface area contributed by atoms with E-state index < -0.39 is 0 Å². The molecule has 1 aliphatic rings. The lowest BCUT2D eigenvalue weighted by molar-refractivity contribution is 0.0902. The molecule has 0 spiro atoms. The van der Waals surface area contributed by atoms with Gasteiger partial charge in [-0.05, 0) is 42.0 Å². The summed E-state index contributed by atoms with van der Waals surface area (Å²) in [6.07, 6.45) is 3.31. The average molecular weight is 279 g/mol. The summed E-state index contributed by atoms with van der Waals surface area (Å²) in [5, 5.41) is 13.2. The Morgan fingerprint density at radius 2 is 1.86 bits per heavy atom. The number of H-pyrrole nitrogens is 1. The second-order valence-electron chi connectivity index (χ2n) is 6.49. The van der Waals surface area contributed by atoms with Gasteiger partial charge in [0.05, 0.1) is 6.10 Å². The normalized spacial score (nSPS) is 23.9. The van der Waals surface area contributed by atoms with E-state index in [1.807, 2.05) is 6.07 Å². The minimum absolute atomic E-state index is 0.333. The standard InChI is InChI=1S/C19H21NO/c1-12-5-4-7-14(12)19(21)13-9-10-18-16(11-13)15-6-2-3-8-17(15)20-18/h2-3,6,8-12,14,19-21H,4-5,7H2,1H3. The average Bonchev–Trinajstić information content (AvgIpc) is 3.09. The van der Waals surface area contributed by atoms with Gasteiger partial charge in [0, 0.05) is 21.8 Å². The van der Waals surface area contributed by atoms with Gasteiger partial charge < -0.3 is 10.1 Å². The van der Waals surface area contributed by atoms with Crippen molar-refractivity contribution in [3.63, 3.8) is 0 Å². The molecule has 0 bridgehead atoms. The zero-order valence-corrected chi connectivity index (χ0v) is 12.3. The van der Waals surface area contributed by atoms with Gasteiger partial charge in [0.15, 0.2) is 0 Å². The van der Waals surface area contributed by atoms with Gasteiger partial charge in [0.25, 0.3) is 0 Å². The highest BCUT2D eigenvalue weighted by Crippen LogP contribution is 2.40. The largest absolute Gasteiger partial charge is 0.388 e. The molecule has 1 aromatic heterocycles. The number of rotatable bonds is 2. The van der Waals surface area contributed by atoms with Gasteiger partial charge in [-0.25, -0.2) is 0 Å². The first kappa shape index (κ1) is 12.9. The third-order valence-electron chi connectivity index (χ3n) is 5.21. The quantitative estimate of drug-likeness (QED) is 0.695. The molecule has 0 aliphatic heterocycles. The van der Waals surface area contributed by atoms with Crippen molar-refractivity contribution in [2.45, 2.75) is 32.3 Å². The Kier molecular flexibility index (Phi) is 3.00. The molecular formula is C19H21NO. The number of aromatic amines is 1. The molecule has 2 heteroatoms. The van der Waals surface area contributed by atoms with Crippen molar-refractivity contribution >= 4 is 21.8 Å². The monoisotopic (exact) mass is 279 g/mol. The van der Waals surface area contributed by atoms with Crippen LogP contribution in [0.3, 0.4) is 0 Å². The number of nitrogens with one attached hydrogen (secondary N) is 1. The Labute approximate surface area is 124 Å². The second-order valence-corrected chi connectivity index (χ2v) is 6.49. The van der Waals surface area contributed by atoms with E-state index in [-0.39, 0.29) is 6.10 Å². The minimum atomic E-state index is -0.333. The van der Waals surface area contributed by atoms with E-state index in [0.717, 1.165) is 23.0 Å². The highest BCUT2D eigenvalue weighted by atomic mass is 16.3. The van der Waals surface area contributed by atoms with Crippen LogP contribution in [0.25, 0.3) is 21.8 Å². The van der Waals surface area contributed by atoms with E-state index in [0.29, 0.717) is 11.8 Å². The first-order chi connectivity index (χ1) is 10.2. The fourth-order valence-electron chi connectivity index (χ4n) is 3.94. The highest BCUT2D eigenvalue weighted by molar-refractivity contribution is 6.07. The van der Waals surface area contributed by atoms with Crippen LogP contribution in [0, 0.1) is 11.8 Å². The molecule has 0 radical (unpaired) electrons. The number of para-hydroxylation sites is 1. The van der Waals surface area contributed by atoms with Crippen LogP contribution in [-0.4, -0.2) is 10.1 Å². The van der Waals surface area contributed by atoms with Gasteiger partial charge in [0.1, 0.15) is 0 Å². The van der Waals surface area contributed by atoms with E-state index in [9.17, 15) is 5.11 Å². The molecular weight excluding hydrogens is 258 g/mol. The molecule has 3 unspecified atom stereocenters. The SMILES string of the molecule is CC1CCCC1C(O)c1ccc2[nH]c3ccccc3c2c1. The summed E-state index contributed by atoms with van der Waals surface area (Å²) in [6, 6.07) is 14.7. The third kappa shape index (κ3) is 2.06. The zero-order chi connectivity index (χ0) is 14.4. The summed E-state index contributed by atoms with van der Waals surface area (Å²) in [4.78, 5) is 3.44. The van der Waals surface area contributed by atoms with Gasteiger partial charge in [-0.2, -0.15) is 0 Å². The maximum atomic E-state index is 10.7. The van der Waals surface area contributed by atoms with E-state index in [4.69, 9.17) is 0 Å². The van der Waals surface area contributed by atoms with Crippen molar-refractivity contribution in [2.24, 2.45) is 11.8 Å². The first-order valence-corrected chi connectivity index (χ1v) is 7.92. The first-order valence-electron chi connectivity index (χ1n) is 7.92. The van der Waals surface area contributed by atoms with Gasteiger partial charge >= 0.3 is 0 Å². The van der Waals surface area contributed by atoms with Gasteiger partial charge in [-0.15, -0.1) is 0 Å². The summed E-state index contributed by atoms with van der Waals surface area (Å²) in [6.45, 7) is 2.27. The van der Waals surface area contributed by atoms with Crippen LogP contribution in [0.2, 0.25) is 0 Å². The molecule has 2 aromatic carbocycles. The van der Waals surface area contributed by atoms with Crippen molar-refractivity contribution in [2.75, 3.05) is 0 Å². The van der Waals surface area contributed by atoms with Crippen molar-refractivity contribution in [3.8, 4) is 0 Å². The molecule has 108 valence electrons. The summed E-state index contributed by atoms with van der Waals surface area (Å²) in [5.41, 5.74) is 3.37. The van der Waals surface area contributed by atoms with E-state index >= 15 is 0 Å². The Morgan fingerprint density at radius 1 is 1.05 bits per heavy atom. The van der Waals surface area contributed by atoms with Crippen LogP contribution < -0.4 is 0 Å². The van der Waals surface area contributed by atoms with Crippen molar-refractivity contribution in [1.82, 2.24) is 4.98 Å². The van der Waals surface area contributed by atoms with Crippen LogP contribution in [0.15, 0.2) is 42.5 Å². The lowest BCUT2D eigenvalue weighted by atomic mass is 9.87. The zero-order valence-electron chi connectivity index (χ0n) is 12.3. The van der Waals surface area contributed by atoms with Crippen LogP contribution >= 0.6 is 0 Å². The molecule has 4 rings (SSSR count). The fourth-order valence-corrected chi connectivity index (χ4v) is 3.94. The van der Waals surface area contributed by atoms with Crippen LogP contribution in [0.1, 0.15) is 37.9 Å². The number of aliphatic hydroxyl groups is 1. The van der Waals surface area contributed by atoms with E-state index in [1.165, 1.54) is 23.6 Å². The molecule has 0 saturated heterocycles. The molecule has 1 saturated carbocycles. The summed E-state index contributed by atoms with van der Waals surface area (Å²) < 4.78 is 0. The molecule has 1 fully saturated rings. The smallest absolute Gasteiger partial charge is 0.0820 e. The van der Waals surface area contributed by atoms with Gasteiger partial charge in [-0.3, -0.25) is 0 Å². The van der Waals surface area contributed by atoms with Crippen molar-refractivity contribution < 1.29 is 5.11 Å². The number of benzene rings is 2. The van der Waals surface area contributed by atoms with Gasteiger partial charge in [-0.1, -0.05) is 44.0 Å². The molecule has 3 atom stereocenters. The van der Waals surface area contributed by atoms with Crippen molar-refractivity contribution in [1.29, 1.82) is 0 Å². The Morgan fingerprint density at radius 3 is 2.67 bits per heavy atom. The lowest BCUT2D eigenvalue weighted by Crippen LogP contribution is -2.14. The minimum Gasteiger partial charge on any atom is -0.388 e. The highest BCUT2D eigenvalue weighted by Gasteiger charge is 2.30. The fraction of sp³-hybridized carbons (Fsp3) is 0.368. The maximum absolute atomic E-state index is 10.7. The number of hydrogen-bond acceptors (Lipinski definition) is 1. The molecule has 21 heavy (non-hydrogen) atoms. The molecule has 1 heterocycles. The van der Waals surface area contributed by atoms with Crippen LogP contribution in [-0.2, 0) is 0 Å². The second kappa shape index (κ2) is 4.88. The number of aromatic nitrogens is 1. The topological polar surface area (TPSA) is 36.0 Å². The predicted molar refractivity (Wildman–Crippen MR) is 87.3 cm³/mol.